The van der Waals surface area contributed by atoms with Crippen molar-refractivity contribution in [2.45, 2.75) is 114 Å². The van der Waals surface area contributed by atoms with Crippen LogP contribution in [0, 0.1) is 12.8 Å². The molecule has 39 heavy (non-hydrogen) atoms. The van der Waals surface area contributed by atoms with Crippen molar-refractivity contribution in [3.8, 4) is 0 Å². The Morgan fingerprint density at radius 1 is 1.10 bits per heavy atom. The standard InChI is InChI=1S/C28H35F3N4O4/c1-15-21(26(36)37-2)13-32-27(33-15)35-17-9-10-18(35)12-19(11-17)38-14-22-24(34-39-25(22)16-7-8-16)20-5-3-4-6-23(20)28(29,30)31/h13,16-20,23H,3-12,14H2,1-2H3/t17-,18+,19+,20-,23-/m0/s1. The first-order valence-corrected chi connectivity index (χ1v) is 14.1. The van der Waals surface area contributed by atoms with Gasteiger partial charge < -0.3 is 18.9 Å². The van der Waals surface area contributed by atoms with E-state index in [4.69, 9.17) is 14.0 Å². The maximum absolute atomic E-state index is 13.9. The minimum Gasteiger partial charge on any atom is -0.465 e. The van der Waals surface area contributed by atoms with Crippen molar-refractivity contribution in [2.75, 3.05) is 12.0 Å². The van der Waals surface area contributed by atoms with Gasteiger partial charge >= 0.3 is 12.1 Å². The van der Waals surface area contributed by atoms with Crippen LogP contribution in [0.25, 0.3) is 0 Å². The van der Waals surface area contributed by atoms with Gasteiger partial charge in [0.25, 0.3) is 0 Å². The lowest BCUT2D eigenvalue weighted by molar-refractivity contribution is -0.187. The summed E-state index contributed by atoms with van der Waals surface area (Å²) in [6.07, 6.45) is 4.75. The van der Waals surface area contributed by atoms with Gasteiger partial charge in [-0.1, -0.05) is 18.0 Å². The SMILES string of the molecule is COC(=O)c1cnc(N2[C@@H]3CC[C@H]2C[C@@H](OCc2c([C@H]4CCCC[C@@H]4C(F)(F)F)noc2C2CC2)C3)nc1C. The van der Waals surface area contributed by atoms with Gasteiger partial charge in [0.1, 0.15) is 5.76 Å². The van der Waals surface area contributed by atoms with E-state index in [1.165, 1.54) is 13.3 Å². The molecule has 5 atom stereocenters. The van der Waals surface area contributed by atoms with Gasteiger partial charge in [-0.3, -0.25) is 0 Å². The van der Waals surface area contributed by atoms with Crippen molar-refractivity contribution in [3.63, 3.8) is 0 Å². The Kier molecular flexibility index (Phi) is 7.05. The van der Waals surface area contributed by atoms with Gasteiger partial charge in [-0.15, -0.1) is 0 Å². The maximum Gasteiger partial charge on any atom is 0.392 e. The number of anilines is 1. The average Bonchev–Trinajstić information content (AvgIpc) is 3.62. The zero-order valence-electron chi connectivity index (χ0n) is 22.4. The largest absolute Gasteiger partial charge is 0.465 e. The van der Waals surface area contributed by atoms with Gasteiger partial charge in [0.15, 0.2) is 0 Å². The summed E-state index contributed by atoms with van der Waals surface area (Å²) >= 11 is 0. The second kappa shape index (κ2) is 10.4. The fourth-order valence-corrected chi connectivity index (χ4v) is 6.97. The summed E-state index contributed by atoms with van der Waals surface area (Å²) in [6.45, 7) is 2.01. The quantitative estimate of drug-likeness (QED) is 0.390. The highest BCUT2D eigenvalue weighted by Gasteiger charge is 2.49. The smallest absolute Gasteiger partial charge is 0.392 e. The normalized spacial score (nSPS) is 29.1. The zero-order valence-corrected chi connectivity index (χ0v) is 22.4. The monoisotopic (exact) mass is 548 g/mol. The van der Waals surface area contributed by atoms with Crippen LogP contribution >= 0.6 is 0 Å². The van der Waals surface area contributed by atoms with Gasteiger partial charge in [0.05, 0.1) is 42.7 Å². The molecule has 2 aliphatic carbocycles. The summed E-state index contributed by atoms with van der Waals surface area (Å²) in [5.41, 5.74) is 2.16. The van der Waals surface area contributed by atoms with E-state index in [-0.39, 0.29) is 37.1 Å². The predicted octanol–water partition coefficient (Wildman–Crippen LogP) is 5.99. The summed E-state index contributed by atoms with van der Waals surface area (Å²) in [6, 6.07) is 0.407. The van der Waals surface area contributed by atoms with Crippen LogP contribution in [0.2, 0.25) is 0 Å². The molecule has 11 heteroatoms. The summed E-state index contributed by atoms with van der Waals surface area (Å²) in [5.74, 6) is -0.924. The number of ether oxygens (including phenoxy) is 2. The van der Waals surface area contributed by atoms with Crippen LogP contribution in [0.15, 0.2) is 10.7 Å². The van der Waals surface area contributed by atoms with E-state index < -0.39 is 24.0 Å². The second-order valence-electron chi connectivity index (χ2n) is 11.6. The number of hydrogen-bond donors (Lipinski definition) is 0. The highest BCUT2D eigenvalue weighted by Crippen LogP contribution is 2.50. The molecule has 2 aliphatic heterocycles. The molecule has 2 aromatic heterocycles. The van der Waals surface area contributed by atoms with Crippen LogP contribution in [0.3, 0.4) is 0 Å². The number of carbonyl (C=O) groups excluding carboxylic acids is 1. The first-order valence-electron chi connectivity index (χ1n) is 14.1. The van der Waals surface area contributed by atoms with Gasteiger partial charge in [-0.25, -0.2) is 14.8 Å². The third kappa shape index (κ3) is 5.14. The van der Waals surface area contributed by atoms with E-state index in [1.54, 1.807) is 6.92 Å². The summed E-state index contributed by atoms with van der Waals surface area (Å²) in [4.78, 5) is 23.3. The Morgan fingerprint density at radius 3 is 2.46 bits per heavy atom. The number of carbonyl (C=O) groups is 1. The number of halogens is 3. The van der Waals surface area contributed by atoms with E-state index in [1.807, 2.05) is 0 Å². The van der Waals surface area contributed by atoms with E-state index in [0.717, 1.165) is 56.3 Å². The lowest BCUT2D eigenvalue weighted by Gasteiger charge is -2.39. The Balaban J connectivity index is 1.17. The van der Waals surface area contributed by atoms with E-state index in [9.17, 15) is 18.0 Å². The molecule has 0 unspecified atom stereocenters. The molecule has 2 saturated carbocycles. The molecule has 2 aromatic rings. The number of hydrogen-bond acceptors (Lipinski definition) is 8. The topological polar surface area (TPSA) is 90.6 Å². The van der Waals surface area contributed by atoms with Crippen molar-refractivity contribution in [2.24, 2.45) is 5.92 Å². The third-order valence-corrected chi connectivity index (χ3v) is 9.09. The highest BCUT2D eigenvalue weighted by molar-refractivity contribution is 5.90. The average molecular weight is 549 g/mol. The van der Waals surface area contributed by atoms with Crippen LogP contribution in [-0.2, 0) is 16.1 Å². The fraction of sp³-hybridized carbons (Fsp3) is 0.714. The number of rotatable bonds is 7. The number of aryl methyl sites for hydroxylation is 1. The van der Waals surface area contributed by atoms with Crippen molar-refractivity contribution >= 4 is 11.9 Å². The highest BCUT2D eigenvalue weighted by atomic mass is 19.4. The molecule has 0 N–H and O–H groups in total. The number of methoxy groups -OCH3 is 1. The lowest BCUT2D eigenvalue weighted by atomic mass is 9.76. The van der Waals surface area contributed by atoms with Gasteiger partial charge in [0, 0.05) is 35.7 Å². The van der Waals surface area contributed by atoms with Crippen molar-refractivity contribution < 1.29 is 32.0 Å². The van der Waals surface area contributed by atoms with Crippen LogP contribution in [0.5, 0.6) is 0 Å². The van der Waals surface area contributed by atoms with Crippen LogP contribution < -0.4 is 4.90 Å². The van der Waals surface area contributed by atoms with E-state index in [2.05, 4.69) is 20.0 Å². The molecule has 0 spiro atoms. The van der Waals surface area contributed by atoms with Gasteiger partial charge in [-0.2, -0.15) is 13.2 Å². The minimum atomic E-state index is -4.25. The molecule has 2 bridgehead atoms. The van der Waals surface area contributed by atoms with Crippen LogP contribution in [0.4, 0.5) is 19.1 Å². The Morgan fingerprint density at radius 2 is 1.82 bits per heavy atom. The molecule has 212 valence electrons. The summed E-state index contributed by atoms with van der Waals surface area (Å²) in [7, 11) is 1.33. The minimum absolute atomic E-state index is 0.0197. The van der Waals surface area contributed by atoms with Crippen molar-refractivity contribution in [1.29, 1.82) is 0 Å². The molecule has 0 amide bonds. The first-order chi connectivity index (χ1) is 18.7. The predicted molar refractivity (Wildman–Crippen MR) is 134 cm³/mol. The van der Waals surface area contributed by atoms with Gasteiger partial charge in [0.2, 0.25) is 5.95 Å². The molecule has 4 fully saturated rings. The van der Waals surface area contributed by atoms with E-state index in [0.29, 0.717) is 35.7 Å². The number of alkyl halides is 3. The second-order valence-corrected chi connectivity index (χ2v) is 11.6. The van der Waals surface area contributed by atoms with Crippen LogP contribution in [0.1, 0.15) is 109 Å². The van der Waals surface area contributed by atoms with E-state index >= 15 is 0 Å². The molecule has 0 radical (unpaired) electrons. The Bertz CT molecular complexity index is 1200. The number of piperidine rings is 1. The van der Waals surface area contributed by atoms with Crippen molar-refractivity contribution in [3.05, 3.63) is 34.5 Å². The molecule has 4 aliphatic rings. The molecular formula is C28H35F3N4O4. The number of aromatic nitrogens is 3. The molecular weight excluding hydrogens is 513 g/mol. The summed E-state index contributed by atoms with van der Waals surface area (Å²) in [5, 5.41) is 4.24. The zero-order chi connectivity index (χ0) is 27.3. The Hall–Kier alpha value is -2.69. The molecule has 8 nitrogen and oxygen atoms in total. The van der Waals surface area contributed by atoms with Crippen LogP contribution in [-0.4, -0.2) is 52.6 Å². The number of esters is 1. The Labute approximate surface area is 225 Å². The number of fused-ring (bicyclic) bond motifs is 2. The molecule has 0 aromatic carbocycles. The van der Waals surface area contributed by atoms with Gasteiger partial charge in [-0.05, 0) is 58.3 Å². The number of nitrogens with zero attached hydrogens (tertiary/aromatic N) is 4. The maximum atomic E-state index is 13.9. The van der Waals surface area contributed by atoms with Crippen molar-refractivity contribution in [1.82, 2.24) is 15.1 Å². The first kappa shape index (κ1) is 26.5. The molecule has 4 heterocycles. The molecule has 6 rings (SSSR count). The lowest BCUT2D eigenvalue weighted by Crippen LogP contribution is -2.46. The summed E-state index contributed by atoms with van der Waals surface area (Å²) < 4.78 is 58.7. The fourth-order valence-electron chi connectivity index (χ4n) is 6.97. The third-order valence-electron chi connectivity index (χ3n) is 9.09. The molecule has 2 saturated heterocycles.